The molecule has 5 aromatic rings. The molecule has 8 rings (SSSR count). The number of hydrogen-bond acceptors (Lipinski definition) is 3. The van der Waals surface area contributed by atoms with E-state index in [0.29, 0.717) is 0 Å². The van der Waals surface area contributed by atoms with Crippen molar-refractivity contribution in [1.29, 1.82) is 0 Å². The average molecular weight is 639 g/mol. The lowest BCUT2D eigenvalue weighted by molar-refractivity contribution is 0.527. The molecule has 1 atom stereocenters. The Labute approximate surface area is 287 Å². The summed E-state index contributed by atoms with van der Waals surface area (Å²) in [4.78, 5) is 8.10. The Hall–Kier alpha value is -5.13. The summed E-state index contributed by atoms with van der Waals surface area (Å²) in [6.07, 6.45) is 23.1. The van der Waals surface area contributed by atoms with Gasteiger partial charge in [0.05, 0.1) is 5.70 Å². The van der Waals surface area contributed by atoms with Crippen LogP contribution in [0, 0.1) is 12.3 Å². The maximum Gasteiger partial charge on any atom is 0.124 e. The van der Waals surface area contributed by atoms with Gasteiger partial charge in [-0.1, -0.05) is 93.5 Å². The van der Waals surface area contributed by atoms with E-state index >= 15 is 0 Å². The average Bonchev–Trinajstić information content (AvgIpc) is 3.63. The van der Waals surface area contributed by atoms with E-state index in [9.17, 15) is 0 Å². The Morgan fingerprint density at radius 1 is 1.02 bits per heavy atom. The van der Waals surface area contributed by atoms with Crippen LogP contribution in [0.15, 0.2) is 132 Å². The van der Waals surface area contributed by atoms with Gasteiger partial charge in [0, 0.05) is 44.7 Å². The van der Waals surface area contributed by atoms with Crippen molar-refractivity contribution in [3.63, 3.8) is 0 Å². The second-order valence-electron chi connectivity index (χ2n) is 13.5. The molecule has 234 valence electrons. The lowest BCUT2D eigenvalue weighted by Gasteiger charge is -2.30. The number of anilines is 1. The largest absolute Gasteiger partial charge is 0.335 e. The van der Waals surface area contributed by atoms with Crippen molar-refractivity contribution in [2.24, 2.45) is 0 Å². The van der Waals surface area contributed by atoms with E-state index in [4.69, 9.17) is 11.4 Å². The molecule has 0 fully saturated rings. The molecule has 0 spiro atoms. The number of hydrogen-bond donors (Lipinski definition) is 0. The molecule has 2 nitrogen and oxygen atoms in total. The summed E-state index contributed by atoms with van der Waals surface area (Å²) in [5.41, 5.74) is 15.7. The highest BCUT2D eigenvalue weighted by atomic mass is 32.1. The van der Waals surface area contributed by atoms with Gasteiger partial charge in [-0.05, 0) is 107 Å². The van der Waals surface area contributed by atoms with Crippen molar-refractivity contribution < 1.29 is 0 Å². The van der Waals surface area contributed by atoms with Crippen LogP contribution in [-0.2, 0) is 10.8 Å². The number of pyridine rings is 1. The number of rotatable bonds is 6. The number of nitrogens with zero attached hydrogens (tertiary/aromatic N) is 2. The Morgan fingerprint density at radius 2 is 1.88 bits per heavy atom. The fourth-order valence-corrected chi connectivity index (χ4v) is 9.55. The summed E-state index contributed by atoms with van der Waals surface area (Å²) in [5.74, 6) is 3.06. The Bertz CT molecular complexity index is 2360. The van der Waals surface area contributed by atoms with Gasteiger partial charge in [0.1, 0.15) is 4.83 Å². The molecule has 2 aromatic heterocycles. The molecule has 48 heavy (non-hydrogen) atoms. The molecule has 3 heteroatoms. The number of terminal acetylenes is 1. The summed E-state index contributed by atoms with van der Waals surface area (Å²) in [6.45, 7) is 9.89. The second-order valence-corrected chi connectivity index (χ2v) is 14.5. The van der Waals surface area contributed by atoms with E-state index in [1.807, 2.05) is 18.3 Å². The third-order valence-corrected chi connectivity index (χ3v) is 11.9. The van der Waals surface area contributed by atoms with E-state index in [0.717, 1.165) is 35.6 Å². The third-order valence-electron chi connectivity index (χ3n) is 10.8. The Balaban J connectivity index is 1.26. The summed E-state index contributed by atoms with van der Waals surface area (Å²) >= 11 is 1.80. The second kappa shape index (κ2) is 11.5. The number of aromatic nitrogens is 1. The van der Waals surface area contributed by atoms with Crippen molar-refractivity contribution in [2.45, 2.75) is 51.4 Å². The predicted molar refractivity (Wildman–Crippen MR) is 205 cm³/mol. The Kier molecular flexibility index (Phi) is 7.26. The maximum absolute atomic E-state index is 6.33. The SMILES string of the molecule is C#C/C(=C\C=C1/CC(CC)(c2ccccc2)c2ccc3c(sc4ncccc43)c21)N(CC)c1ccc2c(c1)C(C)(C)C1=C2C=C=CC=C1. The first-order chi connectivity index (χ1) is 23.4. The first-order valence-corrected chi connectivity index (χ1v) is 17.7. The monoisotopic (exact) mass is 638 g/mol. The zero-order valence-electron chi connectivity index (χ0n) is 28.0. The molecule has 2 heterocycles. The fourth-order valence-electron chi connectivity index (χ4n) is 8.33. The van der Waals surface area contributed by atoms with Crippen LogP contribution < -0.4 is 4.90 Å². The molecule has 0 bridgehead atoms. The van der Waals surface area contributed by atoms with Crippen molar-refractivity contribution in [3.05, 3.63) is 160 Å². The normalized spacial score (nSPS) is 19.9. The quantitative estimate of drug-likeness (QED) is 0.136. The predicted octanol–water partition coefficient (Wildman–Crippen LogP) is 11.3. The van der Waals surface area contributed by atoms with Gasteiger partial charge in [-0.3, -0.25) is 0 Å². The van der Waals surface area contributed by atoms with Gasteiger partial charge in [0.25, 0.3) is 0 Å². The van der Waals surface area contributed by atoms with Gasteiger partial charge < -0.3 is 4.90 Å². The molecule has 0 saturated heterocycles. The first-order valence-electron chi connectivity index (χ1n) is 16.9. The number of thiophene rings is 1. The van der Waals surface area contributed by atoms with E-state index in [1.165, 1.54) is 60.0 Å². The minimum Gasteiger partial charge on any atom is -0.335 e. The van der Waals surface area contributed by atoms with Crippen LogP contribution >= 0.6 is 11.3 Å². The molecule has 0 radical (unpaired) electrons. The molecule has 1 unspecified atom stereocenters. The van der Waals surface area contributed by atoms with Crippen molar-refractivity contribution in [2.75, 3.05) is 11.4 Å². The van der Waals surface area contributed by atoms with Gasteiger partial charge in [-0.25, -0.2) is 4.98 Å². The number of benzene rings is 3. The molecule has 0 amide bonds. The highest BCUT2D eigenvalue weighted by Gasteiger charge is 2.42. The van der Waals surface area contributed by atoms with Gasteiger partial charge >= 0.3 is 0 Å². The third kappa shape index (κ3) is 4.45. The van der Waals surface area contributed by atoms with Gasteiger partial charge in [-0.2, -0.15) is 0 Å². The van der Waals surface area contributed by atoms with Crippen LogP contribution in [0.1, 0.15) is 68.4 Å². The molecule has 3 aromatic carbocycles. The van der Waals surface area contributed by atoms with E-state index in [2.05, 4.69) is 141 Å². The van der Waals surface area contributed by atoms with Gasteiger partial charge in [-0.15, -0.1) is 23.5 Å². The van der Waals surface area contributed by atoms with Crippen molar-refractivity contribution in [3.8, 4) is 12.3 Å². The summed E-state index contributed by atoms with van der Waals surface area (Å²) < 4.78 is 1.31. The maximum atomic E-state index is 6.33. The molecular formula is C45H38N2S. The Morgan fingerprint density at radius 3 is 2.67 bits per heavy atom. The molecule has 0 aliphatic heterocycles. The molecular weight excluding hydrogens is 601 g/mol. The minimum atomic E-state index is -0.117. The molecule has 0 saturated carbocycles. The standard InChI is InChI=1S/C45H38N2S/c1-6-32(47(8-3)33-23-24-35-34-18-13-10-14-20-38(34)44(4,5)40(35)28-33)22-21-30-29-45(7-2,31-16-11-9-12-17-31)39-26-25-36-37-19-15-27-46-43(37)48-42(36)41(30)39/h1,9-12,14-28H,7-8,29H2,2-5H3/b30-21+,32-22+. The minimum absolute atomic E-state index is 0.108. The van der Waals surface area contributed by atoms with E-state index in [-0.39, 0.29) is 10.8 Å². The van der Waals surface area contributed by atoms with Crippen molar-refractivity contribution >= 4 is 48.5 Å². The van der Waals surface area contributed by atoms with Crippen LogP contribution in [0.25, 0.3) is 31.4 Å². The number of fused-ring (bicyclic) bond motifs is 7. The molecule has 0 N–H and O–H groups in total. The topological polar surface area (TPSA) is 16.1 Å². The van der Waals surface area contributed by atoms with Gasteiger partial charge in [0.2, 0.25) is 0 Å². The smallest absolute Gasteiger partial charge is 0.124 e. The highest BCUT2D eigenvalue weighted by molar-refractivity contribution is 7.25. The zero-order chi connectivity index (χ0) is 33.0. The summed E-state index contributed by atoms with van der Waals surface area (Å²) in [7, 11) is 0. The highest BCUT2D eigenvalue weighted by Crippen LogP contribution is 2.55. The van der Waals surface area contributed by atoms with Crippen LogP contribution in [0.4, 0.5) is 5.69 Å². The zero-order valence-corrected chi connectivity index (χ0v) is 28.8. The van der Waals surface area contributed by atoms with Crippen LogP contribution in [0.3, 0.4) is 0 Å². The van der Waals surface area contributed by atoms with Crippen LogP contribution in [0.5, 0.6) is 0 Å². The lowest BCUT2D eigenvalue weighted by Crippen LogP contribution is -2.23. The van der Waals surface area contributed by atoms with Crippen molar-refractivity contribution in [1.82, 2.24) is 4.98 Å². The van der Waals surface area contributed by atoms with E-state index in [1.54, 1.807) is 11.3 Å². The van der Waals surface area contributed by atoms with Crippen LogP contribution in [-0.4, -0.2) is 11.5 Å². The first kappa shape index (κ1) is 30.2. The van der Waals surface area contributed by atoms with Crippen LogP contribution in [0.2, 0.25) is 0 Å². The fraction of sp³-hybridized carbons (Fsp3) is 0.200. The van der Waals surface area contributed by atoms with Gasteiger partial charge in [0.15, 0.2) is 0 Å². The summed E-state index contributed by atoms with van der Waals surface area (Å²) in [5, 5.41) is 2.50. The van der Waals surface area contributed by atoms with E-state index < -0.39 is 0 Å². The summed E-state index contributed by atoms with van der Waals surface area (Å²) in [6, 6.07) is 26.8. The lowest BCUT2D eigenvalue weighted by atomic mass is 9.73. The molecule has 3 aliphatic rings. The molecule has 3 aliphatic carbocycles. The number of allylic oxidation sites excluding steroid dienone is 9.